The average molecular weight is 565 g/mol. The summed E-state index contributed by atoms with van der Waals surface area (Å²) >= 11 is 0. The van der Waals surface area contributed by atoms with Crippen LogP contribution in [0, 0.1) is 6.92 Å². The first-order valence-electron chi connectivity index (χ1n) is 15.4. The van der Waals surface area contributed by atoms with Crippen LogP contribution in [-0.4, -0.2) is 9.38 Å². The van der Waals surface area contributed by atoms with Gasteiger partial charge in [0.05, 0.1) is 28.8 Å². The first-order valence-corrected chi connectivity index (χ1v) is 15.4. The van der Waals surface area contributed by atoms with Crippen molar-refractivity contribution < 1.29 is 8.97 Å². The van der Waals surface area contributed by atoms with E-state index in [1.165, 1.54) is 28.1 Å². The Morgan fingerprint density at radius 2 is 1.70 bits per heavy atom. The number of benzene rings is 2. The molecule has 0 N–H and O–H groups in total. The van der Waals surface area contributed by atoms with Crippen molar-refractivity contribution in [1.29, 1.82) is 0 Å². The highest BCUT2D eigenvalue weighted by Gasteiger charge is 2.50. The number of aromatic nitrogens is 4. The Hall–Kier alpha value is -4.64. The van der Waals surface area contributed by atoms with E-state index < -0.39 is 0 Å². The highest BCUT2D eigenvalue weighted by atomic mass is 16.1. The molecule has 0 amide bonds. The van der Waals surface area contributed by atoms with Gasteiger partial charge in [0.15, 0.2) is 11.7 Å². The molecule has 0 saturated heterocycles. The molecule has 0 unspecified atom stereocenters. The number of hydrogen-bond donors (Lipinski definition) is 0. The molecule has 8 rings (SSSR count). The number of fused-ring (bicyclic) bond motifs is 5. The third kappa shape index (κ3) is 3.22. The molecule has 1 aliphatic rings. The summed E-state index contributed by atoms with van der Waals surface area (Å²) in [5.74, 6) is 0. The Balaban J connectivity index is 1.73. The van der Waals surface area contributed by atoms with E-state index in [-0.39, 0.29) is 16.4 Å². The molecule has 212 valence electrons. The molecule has 43 heavy (non-hydrogen) atoms. The van der Waals surface area contributed by atoms with Gasteiger partial charge in [-0.1, -0.05) is 65.0 Å². The Morgan fingerprint density at radius 3 is 2.47 bits per heavy atom. The van der Waals surface area contributed by atoms with E-state index in [2.05, 4.69) is 124 Å². The average Bonchev–Trinajstić information content (AvgIpc) is 3.35. The lowest BCUT2D eigenvalue weighted by molar-refractivity contribution is -0.579. The van der Waals surface area contributed by atoms with Gasteiger partial charge >= 0.3 is 11.2 Å². The molecule has 7 aromatic rings. The predicted molar refractivity (Wildman–Crippen MR) is 173 cm³/mol. The monoisotopic (exact) mass is 564 g/mol. The Labute approximate surface area is 250 Å². The second kappa shape index (κ2) is 8.70. The van der Waals surface area contributed by atoms with Crippen molar-refractivity contribution >= 4 is 38.4 Å². The van der Waals surface area contributed by atoms with Crippen LogP contribution < -0.4 is 19.9 Å². The Kier molecular flexibility index (Phi) is 5.26. The molecule has 0 aliphatic carbocycles. The standard InChI is InChI=1S/C38H36N4O/c1-7-38(8-2)28-17-10-9-15-25(28)32-23(3)13-12-19-41(32)34(38)33-26-16-11-14-24-18-20-40-29-22-39-30(37(4,5)6)21-27(29)36(43)42(33)35(40)31(24)26/h9-22H,7-8H2,1-6H3/q+2. The van der Waals surface area contributed by atoms with Gasteiger partial charge in [-0.15, -0.1) is 4.40 Å². The van der Waals surface area contributed by atoms with Crippen molar-refractivity contribution in [2.45, 2.75) is 65.2 Å². The van der Waals surface area contributed by atoms with Crippen molar-refractivity contribution in [3.63, 3.8) is 0 Å². The summed E-state index contributed by atoms with van der Waals surface area (Å²) < 4.78 is 6.59. The lowest BCUT2D eigenvalue weighted by atomic mass is 9.68. The Morgan fingerprint density at radius 1 is 0.907 bits per heavy atom. The van der Waals surface area contributed by atoms with Crippen LogP contribution in [0.5, 0.6) is 0 Å². The van der Waals surface area contributed by atoms with Crippen molar-refractivity contribution in [3.8, 4) is 11.3 Å². The fourth-order valence-electron chi connectivity index (χ4n) is 7.83. The summed E-state index contributed by atoms with van der Waals surface area (Å²) in [5, 5.41) is 5.02. The highest BCUT2D eigenvalue weighted by Crippen LogP contribution is 2.46. The van der Waals surface area contributed by atoms with Crippen LogP contribution in [0.4, 0.5) is 0 Å². The lowest BCUT2D eigenvalue weighted by Crippen LogP contribution is -2.54. The number of nitrogens with zero attached hydrogens (tertiary/aromatic N) is 4. The second-order valence-electron chi connectivity index (χ2n) is 13.2. The van der Waals surface area contributed by atoms with Crippen LogP contribution in [0.2, 0.25) is 0 Å². The van der Waals surface area contributed by atoms with Gasteiger partial charge in [-0.05, 0) is 61.0 Å². The molecule has 0 fully saturated rings. The van der Waals surface area contributed by atoms with Crippen LogP contribution in [-0.2, 0) is 10.8 Å². The van der Waals surface area contributed by atoms with Crippen LogP contribution in [0.3, 0.4) is 0 Å². The summed E-state index contributed by atoms with van der Waals surface area (Å²) in [6.45, 7) is 13.2. The zero-order valence-electron chi connectivity index (χ0n) is 25.7. The van der Waals surface area contributed by atoms with E-state index in [4.69, 9.17) is 4.98 Å². The topological polar surface area (TPSA) is 42.4 Å². The van der Waals surface area contributed by atoms with E-state index in [0.717, 1.165) is 51.2 Å². The maximum absolute atomic E-state index is 15.0. The summed E-state index contributed by atoms with van der Waals surface area (Å²) in [6, 6.07) is 23.9. The number of pyridine rings is 3. The van der Waals surface area contributed by atoms with Gasteiger partial charge < -0.3 is 0 Å². The lowest BCUT2D eigenvalue weighted by Gasteiger charge is -2.35. The van der Waals surface area contributed by atoms with Crippen molar-refractivity contribution in [2.75, 3.05) is 0 Å². The van der Waals surface area contributed by atoms with E-state index in [1.54, 1.807) is 0 Å². The third-order valence-electron chi connectivity index (χ3n) is 10.0. The van der Waals surface area contributed by atoms with Gasteiger partial charge in [0.2, 0.25) is 16.7 Å². The summed E-state index contributed by atoms with van der Waals surface area (Å²) in [6.07, 6.45) is 7.99. The van der Waals surface area contributed by atoms with Gasteiger partial charge in [0, 0.05) is 28.1 Å². The second-order valence-corrected chi connectivity index (χ2v) is 13.2. The molecule has 2 aromatic carbocycles. The molecule has 0 spiro atoms. The minimum absolute atomic E-state index is 0.00358. The molecule has 0 bridgehead atoms. The number of rotatable bonds is 2. The number of hydrogen-bond acceptors (Lipinski definition) is 2. The maximum atomic E-state index is 15.0. The fourth-order valence-corrected chi connectivity index (χ4v) is 7.83. The van der Waals surface area contributed by atoms with Gasteiger partial charge in [0.25, 0.3) is 0 Å². The minimum atomic E-state index is -0.304. The molecular weight excluding hydrogens is 528 g/mol. The molecule has 5 heteroatoms. The molecule has 1 aliphatic heterocycles. The summed E-state index contributed by atoms with van der Waals surface area (Å²) in [4.78, 5) is 19.8. The first-order chi connectivity index (χ1) is 20.7. The van der Waals surface area contributed by atoms with Crippen molar-refractivity contribution in [1.82, 2.24) is 9.38 Å². The summed E-state index contributed by atoms with van der Waals surface area (Å²) in [7, 11) is 0. The minimum Gasteiger partial charge on any atom is -0.256 e. The Bertz CT molecular complexity index is 2390. The van der Waals surface area contributed by atoms with E-state index >= 15 is 0 Å². The van der Waals surface area contributed by atoms with Gasteiger partial charge in [0.1, 0.15) is 5.39 Å². The number of aryl methyl sites for hydroxylation is 1. The smallest absolute Gasteiger partial charge is 0.256 e. The van der Waals surface area contributed by atoms with Crippen molar-refractivity contribution in [2.24, 2.45) is 0 Å². The highest BCUT2D eigenvalue weighted by molar-refractivity contribution is 6.08. The quantitative estimate of drug-likeness (QED) is 0.186. The van der Waals surface area contributed by atoms with Crippen LogP contribution in [0.15, 0.2) is 90.1 Å². The SMILES string of the molecule is CCC1(CC)C(=c2c3cccc4cc[n+]5c6cnc(C(C)(C)C)cc6c(=O)n2c5c43)[n+]2cccc(C)c2-c2ccccc21. The predicted octanol–water partition coefficient (Wildman–Crippen LogP) is 6.18. The largest absolute Gasteiger partial charge is 0.351 e. The molecule has 6 heterocycles. The fraction of sp³-hybridized carbons (Fsp3) is 0.263. The molecular formula is C38H36N4O+2. The van der Waals surface area contributed by atoms with E-state index in [9.17, 15) is 4.79 Å². The van der Waals surface area contributed by atoms with E-state index in [0.29, 0.717) is 5.39 Å². The van der Waals surface area contributed by atoms with E-state index in [1.807, 2.05) is 16.7 Å². The molecule has 0 atom stereocenters. The molecule has 5 aromatic heterocycles. The molecule has 0 radical (unpaired) electrons. The zero-order valence-corrected chi connectivity index (χ0v) is 25.7. The molecule has 0 saturated carbocycles. The van der Waals surface area contributed by atoms with Gasteiger partial charge in [-0.25, -0.2) is 4.79 Å². The van der Waals surface area contributed by atoms with Crippen molar-refractivity contribution in [3.05, 3.63) is 118 Å². The van der Waals surface area contributed by atoms with Crippen LogP contribution >= 0.6 is 0 Å². The molecule has 5 nitrogen and oxygen atoms in total. The normalized spacial score (nSPS) is 16.0. The maximum Gasteiger partial charge on any atom is 0.351 e. The third-order valence-corrected chi connectivity index (χ3v) is 10.0. The van der Waals surface area contributed by atoms with Gasteiger partial charge in [-0.3, -0.25) is 4.98 Å². The first kappa shape index (κ1) is 26.0. The van der Waals surface area contributed by atoms with Gasteiger partial charge in [-0.2, -0.15) is 8.97 Å². The zero-order chi connectivity index (χ0) is 29.8. The van der Waals surface area contributed by atoms with Crippen LogP contribution in [0.1, 0.15) is 64.3 Å². The van der Waals surface area contributed by atoms with Crippen LogP contribution in [0.25, 0.3) is 49.7 Å². The summed E-state index contributed by atoms with van der Waals surface area (Å²) in [5.41, 5.74) is 8.36.